The maximum absolute atomic E-state index is 12.3. The van der Waals surface area contributed by atoms with Crippen molar-refractivity contribution in [2.24, 2.45) is 11.5 Å². The molecule has 3 unspecified atom stereocenters. The van der Waals surface area contributed by atoms with Crippen LogP contribution in [-0.2, 0) is 32.0 Å². The minimum absolute atomic E-state index is 0.120. The molecule has 2 aromatic carbocycles. The Balaban J connectivity index is 1.50. The third-order valence-corrected chi connectivity index (χ3v) is 6.34. The number of aliphatic carboxylic acids is 1. The average molecular weight is 515 g/mol. The molecule has 0 bridgehead atoms. The normalized spacial score (nSPS) is 16.6. The van der Waals surface area contributed by atoms with Crippen LogP contribution in [0.5, 0.6) is 11.5 Å². The Bertz CT molecular complexity index is 1140. The average Bonchev–Trinajstić information content (AvgIpc) is 3.14. The van der Waals surface area contributed by atoms with Crippen LogP contribution in [0.1, 0.15) is 24.0 Å². The number of rotatable bonds is 12. The number of thioether (sulfide) groups is 1. The van der Waals surface area contributed by atoms with E-state index in [4.69, 9.17) is 16.2 Å². The van der Waals surface area contributed by atoms with E-state index in [-0.39, 0.29) is 30.4 Å². The van der Waals surface area contributed by atoms with Crippen LogP contribution >= 0.6 is 11.8 Å². The summed E-state index contributed by atoms with van der Waals surface area (Å²) in [6.45, 7) is 0. The molecular weight excluding hydrogens is 488 g/mol. The summed E-state index contributed by atoms with van der Waals surface area (Å²) in [6.07, 6.45) is 0.306. The summed E-state index contributed by atoms with van der Waals surface area (Å²) in [7, 11) is 0. The van der Waals surface area contributed by atoms with Gasteiger partial charge in [-0.25, -0.2) is 4.79 Å². The van der Waals surface area contributed by atoms with Crippen molar-refractivity contribution in [2.45, 2.75) is 43.0 Å². The molecule has 0 aliphatic carbocycles. The Morgan fingerprint density at radius 2 is 1.61 bits per heavy atom. The van der Waals surface area contributed by atoms with Crippen molar-refractivity contribution < 1.29 is 33.8 Å². The first-order chi connectivity index (χ1) is 17.1. The van der Waals surface area contributed by atoms with Gasteiger partial charge in [0.25, 0.3) is 5.24 Å². The number of carboxylic acid groups (broad SMARTS) is 1. The lowest BCUT2D eigenvalue weighted by molar-refractivity contribution is -0.142. The third kappa shape index (κ3) is 7.82. The summed E-state index contributed by atoms with van der Waals surface area (Å²) in [6, 6.07) is 11.8. The van der Waals surface area contributed by atoms with Gasteiger partial charge in [0.05, 0.1) is 11.3 Å². The number of imide groups is 1. The van der Waals surface area contributed by atoms with E-state index in [2.05, 4.69) is 10.6 Å². The van der Waals surface area contributed by atoms with Gasteiger partial charge in [0.2, 0.25) is 17.7 Å². The molecule has 12 heteroatoms. The number of nitrogens with two attached hydrogens (primary N) is 2. The molecule has 0 saturated carbocycles. The van der Waals surface area contributed by atoms with Gasteiger partial charge in [-0.3, -0.25) is 24.5 Å². The third-order valence-electron chi connectivity index (χ3n) is 5.36. The fraction of sp³-hybridized carbons (Fsp3) is 0.292. The summed E-state index contributed by atoms with van der Waals surface area (Å²) in [5.41, 5.74) is 12.6. The van der Waals surface area contributed by atoms with E-state index in [0.717, 1.165) is 22.9 Å². The second kappa shape index (κ2) is 12.2. The minimum Gasteiger partial charge on any atom is -0.480 e. The monoisotopic (exact) mass is 514 g/mol. The first kappa shape index (κ1) is 26.7. The highest BCUT2D eigenvalue weighted by atomic mass is 32.2. The molecule has 1 saturated heterocycles. The molecule has 36 heavy (non-hydrogen) atoms. The minimum atomic E-state index is -1.27. The van der Waals surface area contributed by atoms with Crippen molar-refractivity contribution in [2.75, 3.05) is 0 Å². The van der Waals surface area contributed by atoms with Gasteiger partial charge in [0.15, 0.2) is 0 Å². The van der Waals surface area contributed by atoms with Crippen LogP contribution in [0, 0.1) is 0 Å². The molecule has 1 aliphatic rings. The summed E-state index contributed by atoms with van der Waals surface area (Å²) in [4.78, 5) is 57.5. The van der Waals surface area contributed by atoms with E-state index in [1.165, 1.54) is 0 Å². The lowest BCUT2D eigenvalue weighted by atomic mass is 10.0. The zero-order chi connectivity index (χ0) is 26.2. The first-order valence-corrected chi connectivity index (χ1v) is 11.9. The Morgan fingerprint density at radius 1 is 1.03 bits per heavy atom. The zero-order valence-corrected chi connectivity index (χ0v) is 20.0. The van der Waals surface area contributed by atoms with Crippen molar-refractivity contribution in [3.05, 3.63) is 59.7 Å². The molecule has 3 rings (SSSR count). The highest BCUT2D eigenvalue weighted by Gasteiger charge is 2.31. The van der Waals surface area contributed by atoms with E-state index >= 15 is 0 Å². The van der Waals surface area contributed by atoms with E-state index in [1.807, 2.05) is 12.1 Å². The standard InChI is InChI=1S/C24H26N4O7S/c25-17(21(30)27-18(23(32)33)9-10-20(26)29)11-13-1-5-15(6-2-13)35-16-7-3-14(4-8-16)12-19-22(31)28-24(34)36-19/h1-8,17-19H,9-12,25H2,(H2,26,29)(H,27,30)(H,32,33)(H,28,31,34). The Morgan fingerprint density at radius 3 is 2.11 bits per heavy atom. The largest absolute Gasteiger partial charge is 0.480 e. The van der Waals surface area contributed by atoms with Crippen molar-refractivity contribution in [1.29, 1.82) is 0 Å². The number of nitrogens with one attached hydrogen (secondary N) is 2. The summed E-state index contributed by atoms with van der Waals surface area (Å²) >= 11 is 0.982. The molecule has 0 spiro atoms. The van der Waals surface area contributed by atoms with Crippen LogP contribution in [0.3, 0.4) is 0 Å². The van der Waals surface area contributed by atoms with Crippen LogP contribution in [0.2, 0.25) is 0 Å². The zero-order valence-electron chi connectivity index (χ0n) is 19.1. The van der Waals surface area contributed by atoms with Crippen molar-refractivity contribution in [3.63, 3.8) is 0 Å². The van der Waals surface area contributed by atoms with Crippen LogP contribution in [-0.4, -0.2) is 51.4 Å². The predicted molar refractivity (Wildman–Crippen MR) is 131 cm³/mol. The number of ether oxygens (including phenoxy) is 1. The first-order valence-electron chi connectivity index (χ1n) is 11.0. The molecule has 1 aliphatic heterocycles. The van der Waals surface area contributed by atoms with Crippen LogP contribution in [0.15, 0.2) is 48.5 Å². The lowest BCUT2D eigenvalue weighted by Crippen LogP contribution is -2.49. The summed E-state index contributed by atoms with van der Waals surface area (Å²) in [5.74, 6) is -1.73. The number of hydrogen-bond acceptors (Lipinski definition) is 8. The lowest BCUT2D eigenvalue weighted by Gasteiger charge is -2.17. The molecular formula is C24H26N4O7S. The maximum atomic E-state index is 12.3. The molecule has 7 N–H and O–H groups in total. The molecule has 1 heterocycles. The molecule has 4 amide bonds. The molecule has 1 fully saturated rings. The number of amides is 4. The smallest absolute Gasteiger partial charge is 0.326 e. The van der Waals surface area contributed by atoms with Crippen LogP contribution < -0.4 is 26.8 Å². The number of primary amides is 1. The maximum Gasteiger partial charge on any atom is 0.326 e. The van der Waals surface area contributed by atoms with Gasteiger partial charge in [-0.15, -0.1) is 0 Å². The van der Waals surface area contributed by atoms with Crippen molar-refractivity contribution >= 4 is 40.7 Å². The van der Waals surface area contributed by atoms with E-state index < -0.39 is 35.1 Å². The number of hydrogen-bond donors (Lipinski definition) is 5. The van der Waals surface area contributed by atoms with Gasteiger partial charge < -0.3 is 26.6 Å². The van der Waals surface area contributed by atoms with E-state index in [0.29, 0.717) is 17.9 Å². The van der Waals surface area contributed by atoms with Crippen LogP contribution in [0.4, 0.5) is 4.79 Å². The summed E-state index contributed by atoms with van der Waals surface area (Å²) in [5, 5.41) is 13.0. The molecule has 3 atom stereocenters. The van der Waals surface area contributed by atoms with Gasteiger partial charge >= 0.3 is 5.97 Å². The predicted octanol–water partition coefficient (Wildman–Crippen LogP) is 1.08. The Kier molecular flexibility index (Phi) is 9.03. The van der Waals surface area contributed by atoms with Gasteiger partial charge in [0, 0.05) is 6.42 Å². The Hall–Kier alpha value is -3.90. The van der Waals surface area contributed by atoms with E-state index in [1.54, 1.807) is 36.4 Å². The highest BCUT2D eigenvalue weighted by Crippen LogP contribution is 2.26. The molecule has 0 aromatic heterocycles. The number of benzene rings is 2. The van der Waals surface area contributed by atoms with Gasteiger partial charge in [-0.2, -0.15) is 0 Å². The second-order valence-electron chi connectivity index (χ2n) is 8.19. The second-order valence-corrected chi connectivity index (χ2v) is 9.37. The fourth-order valence-electron chi connectivity index (χ4n) is 3.43. The fourth-order valence-corrected chi connectivity index (χ4v) is 4.29. The number of carbonyl (C=O) groups is 5. The van der Waals surface area contributed by atoms with Gasteiger partial charge in [-0.1, -0.05) is 36.0 Å². The SMILES string of the molecule is NC(=O)CCC(NC(=O)C(N)Cc1ccc(Oc2ccc(CC3SC(=O)NC3=O)cc2)cc1)C(=O)O. The quantitative estimate of drug-likeness (QED) is 0.276. The van der Waals surface area contributed by atoms with Crippen molar-refractivity contribution in [1.82, 2.24) is 10.6 Å². The highest BCUT2D eigenvalue weighted by molar-refractivity contribution is 8.15. The molecule has 11 nitrogen and oxygen atoms in total. The summed E-state index contributed by atoms with van der Waals surface area (Å²) < 4.78 is 5.82. The van der Waals surface area contributed by atoms with Gasteiger partial charge in [-0.05, 0) is 54.7 Å². The molecule has 190 valence electrons. The topological polar surface area (TPSA) is 191 Å². The van der Waals surface area contributed by atoms with E-state index in [9.17, 15) is 29.1 Å². The molecule has 2 aromatic rings. The number of carboxylic acids is 1. The number of carbonyl (C=O) groups excluding carboxylic acids is 4. The van der Waals surface area contributed by atoms with Gasteiger partial charge in [0.1, 0.15) is 17.5 Å². The van der Waals surface area contributed by atoms with Crippen molar-refractivity contribution in [3.8, 4) is 11.5 Å². The Labute approximate surface area is 210 Å². The van der Waals surface area contributed by atoms with Crippen LogP contribution in [0.25, 0.3) is 0 Å². The molecule has 0 radical (unpaired) electrons.